The highest BCUT2D eigenvalue weighted by atomic mass is 16.5. The van der Waals surface area contributed by atoms with E-state index in [1.807, 2.05) is 48.5 Å². The van der Waals surface area contributed by atoms with Gasteiger partial charge in [0.1, 0.15) is 12.4 Å². The van der Waals surface area contributed by atoms with Crippen LogP contribution in [0.5, 0.6) is 5.75 Å². The lowest BCUT2D eigenvalue weighted by Gasteiger charge is -2.57. The summed E-state index contributed by atoms with van der Waals surface area (Å²) in [4.78, 5) is 13.0. The van der Waals surface area contributed by atoms with E-state index in [4.69, 9.17) is 4.74 Å². The molecule has 7 rings (SSSR count). The minimum atomic E-state index is -0.518. The van der Waals surface area contributed by atoms with E-state index in [-0.39, 0.29) is 12.5 Å². The van der Waals surface area contributed by atoms with Crippen LogP contribution in [0.25, 0.3) is 10.8 Å². The van der Waals surface area contributed by atoms with E-state index in [0.717, 1.165) is 47.1 Å². The summed E-state index contributed by atoms with van der Waals surface area (Å²) in [6, 6.07) is 21.3. The molecule has 4 aliphatic carbocycles. The molecule has 4 nitrogen and oxygen atoms in total. The van der Waals surface area contributed by atoms with E-state index in [0.29, 0.717) is 16.7 Å². The molecule has 36 heavy (non-hydrogen) atoms. The fourth-order valence-corrected chi connectivity index (χ4v) is 7.82. The Balaban J connectivity index is 1.02. The largest absolute Gasteiger partial charge is 0.490 e. The Kier molecular flexibility index (Phi) is 6.47. The van der Waals surface area contributed by atoms with Crippen molar-refractivity contribution in [1.29, 1.82) is 0 Å². The summed E-state index contributed by atoms with van der Waals surface area (Å²) in [5.41, 5.74) is 1.78. The number of anilines is 1. The van der Waals surface area contributed by atoms with Gasteiger partial charge in [0.25, 0.3) is 5.91 Å². The van der Waals surface area contributed by atoms with Crippen molar-refractivity contribution in [3.8, 4) is 5.75 Å². The van der Waals surface area contributed by atoms with Crippen LogP contribution >= 0.6 is 0 Å². The van der Waals surface area contributed by atoms with E-state index in [1.54, 1.807) is 12.1 Å². The first-order valence-electron chi connectivity index (χ1n) is 13.8. The lowest BCUT2D eigenvalue weighted by atomic mass is 9.48. The highest BCUT2D eigenvalue weighted by Gasteiger charge is 2.50. The molecule has 1 amide bonds. The Hall–Kier alpha value is -2.85. The van der Waals surface area contributed by atoms with E-state index >= 15 is 0 Å². The van der Waals surface area contributed by atoms with Crippen LogP contribution in [0.3, 0.4) is 0 Å². The summed E-state index contributed by atoms with van der Waals surface area (Å²) in [5.74, 6) is 3.22. The third kappa shape index (κ3) is 5.01. The number of nitrogens with one attached hydrogen (secondary N) is 1. The minimum absolute atomic E-state index is 0.209. The second-order valence-electron chi connectivity index (χ2n) is 11.8. The van der Waals surface area contributed by atoms with Crippen LogP contribution in [-0.2, 0) is 0 Å². The number of carbonyl (C=O) groups excluding carboxylic acids is 1. The topological polar surface area (TPSA) is 58.6 Å². The van der Waals surface area contributed by atoms with Crippen molar-refractivity contribution in [2.24, 2.45) is 23.2 Å². The van der Waals surface area contributed by atoms with Crippen LogP contribution in [-0.4, -0.2) is 23.7 Å². The van der Waals surface area contributed by atoms with E-state index in [2.05, 4.69) is 11.4 Å². The number of carbonyl (C=O) groups is 1. The number of aliphatic hydroxyl groups excluding tert-OH is 1. The fraction of sp³-hybridized carbons (Fsp3) is 0.469. The molecule has 0 spiro atoms. The van der Waals surface area contributed by atoms with Crippen molar-refractivity contribution >= 4 is 22.4 Å². The highest BCUT2D eigenvalue weighted by molar-refractivity contribution is 6.07. The van der Waals surface area contributed by atoms with Crippen LogP contribution in [0.1, 0.15) is 68.1 Å². The van der Waals surface area contributed by atoms with Crippen LogP contribution in [0.4, 0.5) is 5.69 Å². The summed E-state index contributed by atoms with van der Waals surface area (Å²) >= 11 is 0. The third-order valence-corrected chi connectivity index (χ3v) is 8.98. The van der Waals surface area contributed by atoms with Crippen LogP contribution in [0.2, 0.25) is 0 Å². The molecule has 0 radical (unpaired) electrons. The van der Waals surface area contributed by atoms with Gasteiger partial charge in [-0.05, 0) is 110 Å². The zero-order chi connectivity index (χ0) is 24.5. The highest BCUT2D eigenvalue weighted by Crippen LogP contribution is 2.61. The van der Waals surface area contributed by atoms with Gasteiger partial charge < -0.3 is 15.2 Å². The van der Waals surface area contributed by atoms with Crippen LogP contribution < -0.4 is 10.1 Å². The van der Waals surface area contributed by atoms with Gasteiger partial charge in [-0.2, -0.15) is 0 Å². The van der Waals surface area contributed by atoms with Crippen molar-refractivity contribution < 1.29 is 14.6 Å². The van der Waals surface area contributed by atoms with Gasteiger partial charge in [-0.1, -0.05) is 48.9 Å². The van der Waals surface area contributed by atoms with Crippen molar-refractivity contribution in [2.45, 2.75) is 63.9 Å². The van der Waals surface area contributed by atoms with Gasteiger partial charge in [0, 0.05) is 5.69 Å². The molecule has 4 heteroatoms. The Morgan fingerprint density at radius 2 is 1.58 bits per heavy atom. The minimum Gasteiger partial charge on any atom is -0.490 e. The maximum atomic E-state index is 13.0. The molecule has 0 aliphatic heterocycles. The van der Waals surface area contributed by atoms with Gasteiger partial charge in [0.15, 0.2) is 0 Å². The summed E-state index contributed by atoms with van der Waals surface area (Å²) < 4.78 is 5.96. The van der Waals surface area contributed by atoms with E-state index in [9.17, 15) is 9.90 Å². The number of aliphatic hydroxyl groups is 1. The second kappa shape index (κ2) is 9.89. The SMILES string of the molecule is O=C(Nc1ccc2ccccc2c1)c1ccccc1OCC(O)CCCC12CC3CC(CC(C3)C1)C2. The molecule has 0 aromatic heterocycles. The summed E-state index contributed by atoms with van der Waals surface area (Å²) in [7, 11) is 0. The van der Waals surface area contributed by atoms with Gasteiger partial charge in [0.2, 0.25) is 0 Å². The van der Waals surface area contributed by atoms with Gasteiger partial charge in [-0.3, -0.25) is 4.79 Å². The molecule has 188 valence electrons. The number of ether oxygens (including phenoxy) is 1. The fourth-order valence-electron chi connectivity index (χ4n) is 7.82. The van der Waals surface area contributed by atoms with Crippen molar-refractivity contribution in [3.63, 3.8) is 0 Å². The first kappa shape index (κ1) is 23.5. The average molecular weight is 484 g/mol. The van der Waals surface area contributed by atoms with Crippen molar-refractivity contribution in [3.05, 3.63) is 72.3 Å². The molecule has 3 aromatic rings. The molecule has 0 heterocycles. The Bertz CT molecular complexity index is 1200. The monoisotopic (exact) mass is 483 g/mol. The van der Waals surface area contributed by atoms with Crippen LogP contribution in [0.15, 0.2) is 66.7 Å². The molecule has 4 aliphatic rings. The second-order valence-corrected chi connectivity index (χ2v) is 11.8. The van der Waals surface area contributed by atoms with Crippen molar-refractivity contribution in [1.82, 2.24) is 0 Å². The zero-order valence-corrected chi connectivity index (χ0v) is 21.0. The summed E-state index contributed by atoms with van der Waals surface area (Å²) in [5, 5.41) is 15.9. The number of rotatable bonds is 9. The Morgan fingerprint density at radius 1 is 0.917 bits per heavy atom. The maximum Gasteiger partial charge on any atom is 0.259 e. The van der Waals surface area contributed by atoms with Gasteiger partial charge >= 0.3 is 0 Å². The standard InChI is InChI=1S/C32H37NO3/c34-28(8-5-13-32-18-22-14-23(19-32)16-24(15-22)20-32)21-36-30-10-4-3-9-29(30)31(35)33-27-12-11-25-6-1-2-7-26(25)17-27/h1-4,6-7,9-12,17,22-24,28,34H,5,8,13-16,18-21H2,(H,33,35). The molecule has 4 saturated carbocycles. The quantitative estimate of drug-likeness (QED) is 0.338. The first-order chi connectivity index (χ1) is 17.6. The molecular weight excluding hydrogens is 446 g/mol. The van der Waals surface area contributed by atoms with E-state index < -0.39 is 6.10 Å². The molecule has 2 N–H and O–H groups in total. The van der Waals surface area contributed by atoms with E-state index in [1.165, 1.54) is 44.9 Å². The molecule has 4 fully saturated rings. The van der Waals surface area contributed by atoms with Gasteiger partial charge in [-0.15, -0.1) is 0 Å². The van der Waals surface area contributed by atoms with Gasteiger partial charge in [-0.25, -0.2) is 0 Å². The molecule has 4 bridgehead atoms. The number of hydrogen-bond donors (Lipinski definition) is 2. The number of para-hydroxylation sites is 1. The van der Waals surface area contributed by atoms with Crippen molar-refractivity contribution in [2.75, 3.05) is 11.9 Å². The predicted molar refractivity (Wildman–Crippen MR) is 144 cm³/mol. The average Bonchev–Trinajstić information content (AvgIpc) is 2.86. The number of hydrogen-bond acceptors (Lipinski definition) is 3. The first-order valence-corrected chi connectivity index (χ1v) is 13.8. The lowest BCUT2D eigenvalue weighted by Crippen LogP contribution is -2.46. The Morgan fingerprint density at radius 3 is 2.33 bits per heavy atom. The smallest absolute Gasteiger partial charge is 0.259 e. The Labute approximate surface area is 214 Å². The zero-order valence-electron chi connectivity index (χ0n) is 21.0. The molecular formula is C32H37NO3. The summed E-state index contributed by atoms with van der Waals surface area (Å²) in [6.07, 6.45) is 11.2. The molecule has 1 atom stereocenters. The normalized spacial score (nSPS) is 27.2. The van der Waals surface area contributed by atoms with Gasteiger partial charge in [0.05, 0.1) is 11.7 Å². The van der Waals surface area contributed by atoms with Crippen LogP contribution in [0, 0.1) is 23.2 Å². The maximum absolute atomic E-state index is 13.0. The molecule has 0 saturated heterocycles. The lowest BCUT2D eigenvalue weighted by molar-refractivity contribution is -0.0597. The predicted octanol–water partition coefficient (Wildman–Crippen LogP) is 7.22. The number of fused-ring (bicyclic) bond motifs is 1. The third-order valence-electron chi connectivity index (χ3n) is 8.98. The molecule has 1 unspecified atom stereocenters. The summed E-state index contributed by atoms with van der Waals surface area (Å²) in [6.45, 7) is 0.209. The number of benzene rings is 3. The molecule has 3 aromatic carbocycles. The number of amides is 1.